The first-order valence-electron chi connectivity index (χ1n) is 8.21. The number of benzene rings is 2. The Kier molecular flexibility index (Phi) is 6.86. The molecule has 0 unspecified atom stereocenters. The number of anilines is 1. The molecule has 0 radical (unpaired) electrons. The van der Waals surface area contributed by atoms with Crippen molar-refractivity contribution in [2.45, 2.75) is 6.54 Å². The highest BCUT2D eigenvalue weighted by Crippen LogP contribution is 2.36. The Morgan fingerprint density at radius 2 is 1.61 bits per heavy atom. The molecule has 0 aliphatic carbocycles. The number of phenols is 1. The van der Waals surface area contributed by atoms with Gasteiger partial charge in [0.25, 0.3) is 0 Å². The van der Waals surface area contributed by atoms with Crippen molar-refractivity contribution in [2.75, 3.05) is 18.1 Å². The van der Waals surface area contributed by atoms with Crippen molar-refractivity contribution < 1.29 is 10.2 Å². The minimum Gasteiger partial charge on any atom is -0.505 e. The van der Waals surface area contributed by atoms with Gasteiger partial charge in [0.2, 0.25) is 0 Å². The van der Waals surface area contributed by atoms with Crippen LogP contribution in [0.1, 0.15) is 5.56 Å². The Balaban J connectivity index is 1.88. The summed E-state index contributed by atoms with van der Waals surface area (Å²) >= 11 is 24.3. The number of phenolic OH excluding ortho intramolecular Hbond substituents is 1. The molecule has 3 aromatic rings. The number of aromatic hydroxyl groups is 1. The van der Waals surface area contributed by atoms with E-state index in [2.05, 4.69) is 10.2 Å². The summed E-state index contributed by atoms with van der Waals surface area (Å²) in [5.74, 6) is 0.383. The molecule has 0 fully saturated rings. The quantitative estimate of drug-likeness (QED) is 0.513. The molecule has 0 spiro atoms. The summed E-state index contributed by atoms with van der Waals surface area (Å²) in [6, 6.07) is 12.0. The summed E-state index contributed by atoms with van der Waals surface area (Å²) in [6.45, 7) is 0.684. The Labute approximate surface area is 182 Å². The van der Waals surface area contributed by atoms with Crippen molar-refractivity contribution in [3.05, 3.63) is 68.1 Å². The number of nitrogens with zero attached hydrogens (tertiary/aromatic N) is 3. The zero-order chi connectivity index (χ0) is 20.3. The normalized spacial score (nSPS) is 10.9. The number of aliphatic hydroxyl groups is 1. The molecular weight excluding hydrogens is 444 g/mol. The van der Waals surface area contributed by atoms with Gasteiger partial charge in [0.15, 0.2) is 11.6 Å². The first-order chi connectivity index (χ1) is 13.4. The maximum atomic E-state index is 9.69. The summed E-state index contributed by atoms with van der Waals surface area (Å²) < 4.78 is 0. The monoisotopic (exact) mass is 457 g/mol. The van der Waals surface area contributed by atoms with Crippen LogP contribution in [-0.4, -0.2) is 33.6 Å². The minimum absolute atomic E-state index is 0.0647. The molecule has 1 heterocycles. The third-order valence-corrected chi connectivity index (χ3v) is 5.48. The highest BCUT2D eigenvalue weighted by atomic mass is 35.5. The first kappa shape index (κ1) is 21.0. The van der Waals surface area contributed by atoms with Gasteiger partial charge in [-0.3, -0.25) is 0 Å². The third kappa shape index (κ3) is 4.62. The van der Waals surface area contributed by atoms with Gasteiger partial charge in [-0.05, 0) is 35.9 Å². The van der Waals surface area contributed by atoms with Crippen LogP contribution in [0.5, 0.6) is 5.75 Å². The molecule has 0 amide bonds. The zero-order valence-electron chi connectivity index (χ0n) is 14.4. The smallest absolute Gasteiger partial charge is 0.152 e. The van der Waals surface area contributed by atoms with E-state index >= 15 is 0 Å². The van der Waals surface area contributed by atoms with E-state index in [0.717, 1.165) is 5.56 Å². The second-order valence-corrected chi connectivity index (χ2v) is 7.52. The Morgan fingerprint density at radius 3 is 2.21 bits per heavy atom. The lowest BCUT2D eigenvalue weighted by molar-refractivity contribution is 0.301. The summed E-state index contributed by atoms with van der Waals surface area (Å²) in [5, 5.41) is 28.7. The molecule has 0 aliphatic rings. The first-order valence-corrected chi connectivity index (χ1v) is 9.72. The number of halogens is 4. The van der Waals surface area contributed by atoms with Crippen LogP contribution in [0.2, 0.25) is 20.1 Å². The topological polar surface area (TPSA) is 69.5 Å². The molecule has 2 N–H and O–H groups in total. The predicted molar refractivity (Wildman–Crippen MR) is 114 cm³/mol. The summed E-state index contributed by atoms with van der Waals surface area (Å²) in [5.41, 5.74) is 1.97. The van der Waals surface area contributed by atoms with E-state index in [1.807, 2.05) is 17.0 Å². The van der Waals surface area contributed by atoms with E-state index in [1.54, 1.807) is 30.3 Å². The number of hydrogen-bond donors (Lipinski definition) is 2. The molecule has 0 saturated carbocycles. The molecule has 2 aromatic carbocycles. The highest BCUT2D eigenvalue weighted by Gasteiger charge is 2.14. The Hall–Kier alpha value is -1.76. The number of rotatable bonds is 6. The van der Waals surface area contributed by atoms with E-state index in [9.17, 15) is 10.2 Å². The standard InChI is InChI=1S/C19H15Cl4N3O2/c20-13-3-1-2-11(18(13)23)10-26(6-7-27)17-5-4-16(24-25-17)12-8-14(21)19(28)15(22)9-12/h1-5,8-9,27-28H,6-7,10H2. The maximum absolute atomic E-state index is 9.69. The van der Waals surface area contributed by atoms with Crippen molar-refractivity contribution in [1.82, 2.24) is 10.2 Å². The maximum Gasteiger partial charge on any atom is 0.152 e. The van der Waals surface area contributed by atoms with Gasteiger partial charge >= 0.3 is 0 Å². The molecule has 0 aliphatic heterocycles. The fourth-order valence-electron chi connectivity index (χ4n) is 2.63. The van der Waals surface area contributed by atoms with Gasteiger partial charge in [-0.15, -0.1) is 10.2 Å². The molecule has 9 heteroatoms. The minimum atomic E-state index is -0.177. The van der Waals surface area contributed by atoms with Crippen molar-refractivity contribution in [2.24, 2.45) is 0 Å². The second kappa shape index (κ2) is 9.16. The van der Waals surface area contributed by atoms with Crippen molar-refractivity contribution in [3.63, 3.8) is 0 Å². The van der Waals surface area contributed by atoms with E-state index in [-0.39, 0.29) is 22.4 Å². The molecule has 146 valence electrons. The molecule has 0 bridgehead atoms. The number of aliphatic hydroxyl groups excluding tert-OH is 1. The van der Waals surface area contributed by atoms with Gasteiger partial charge in [0.05, 0.1) is 32.4 Å². The van der Waals surface area contributed by atoms with Crippen LogP contribution in [0.15, 0.2) is 42.5 Å². The van der Waals surface area contributed by atoms with Gasteiger partial charge < -0.3 is 15.1 Å². The van der Waals surface area contributed by atoms with Crippen LogP contribution >= 0.6 is 46.4 Å². The van der Waals surface area contributed by atoms with E-state index in [4.69, 9.17) is 46.4 Å². The van der Waals surface area contributed by atoms with Crippen LogP contribution in [0.4, 0.5) is 5.82 Å². The van der Waals surface area contributed by atoms with Crippen LogP contribution in [0, 0.1) is 0 Å². The zero-order valence-corrected chi connectivity index (χ0v) is 17.4. The van der Waals surface area contributed by atoms with Gasteiger partial charge in [0, 0.05) is 18.7 Å². The van der Waals surface area contributed by atoms with Gasteiger partial charge in [-0.25, -0.2) is 0 Å². The lowest BCUT2D eigenvalue weighted by atomic mass is 10.1. The van der Waals surface area contributed by atoms with E-state index in [0.29, 0.717) is 40.2 Å². The highest BCUT2D eigenvalue weighted by molar-refractivity contribution is 6.42. The average molecular weight is 459 g/mol. The van der Waals surface area contributed by atoms with E-state index in [1.165, 1.54) is 0 Å². The Bertz CT molecular complexity index is 960. The van der Waals surface area contributed by atoms with E-state index < -0.39 is 0 Å². The molecule has 28 heavy (non-hydrogen) atoms. The predicted octanol–water partition coefficient (Wildman–Crippen LogP) is 5.46. The lowest BCUT2D eigenvalue weighted by Gasteiger charge is -2.23. The summed E-state index contributed by atoms with van der Waals surface area (Å²) in [7, 11) is 0. The SMILES string of the molecule is OCCN(Cc1cccc(Cl)c1Cl)c1ccc(-c2cc(Cl)c(O)c(Cl)c2)nn1. The number of hydrogen-bond acceptors (Lipinski definition) is 5. The van der Waals surface area contributed by atoms with Gasteiger partial charge in [-0.2, -0.15) is 0 Å². The largest absolute Gasteiger partial charge is 0.505 e. The van der Waals surface area contributed by atoms with Crippen molar-refractivity contribution >= 4 is 52.2 Å². The van der Waals surface area contributed by atoms with Crippen LogP contribution in [-0.2, 0) is 6.54 Å². The van der Waals surface area contributed by atoms with Crippen molar-refractivity contribution in [1.29, 1.82) is 0 Å². The molecule has 5 nitrogen and oxygen atoms in total. The summed E-state index contributed by atoms with van der Waals surface area (Å²) in [6.07, 6.45) is 0. The van der Waals surface area contributed by atoms with Crippen LogP contribution in [0.25, 0.3) is 11.3 Å². The average Bonchev–Trinajstić information content (AvgIpc) is 2.69. The molecule has 3 rings (SSSR count). The number of aromatic nitrogens is 2. The third-order valence-electron chi connectivity index (χ3n) is 4.05. The molecule has 1 aromatic heterocycles. The van der Waals surface area contributed by atoms with Gasteiger partial charge in [0.1, 0.15) is 0 Å². The Morgan fingerprint density at radius 1 is 0.893 bits per heavy atom. The summed E-state index contributed by atoms with van der Waals surface area (Å²) in [4.78, 5) is 1.84. The van der Waals surface area contributed by atoms with Crippen LogP contribution < -0.4 is 4.90 Å². The van der Waals surface area contributed by atoms with Crippen LogP contribution in [0.3, 0.4) is 0 Å². The lowest BCUT2D eigenvalue weighted by Crippen LogP contribution is -2.27. The molecule has 0 atom stereocenters. The van der Waals surface area contributed by atoms with Crippen molar-refractivity contribution in [3.8, 4) is 17.0 Å². The fourth-order valence-corrected chi connectivity index (χ4v) is 3.50. The second-order valence-electron chi connectivity index (χ2n) is 5.92. The van der Waals surface area contributed by atoms with Gasteiger partial charge in [-0.1, -0.05) is 58.5 Å². The fraction of sp³-hybridized carbons (Fsp3) is 0.158. The molecule has 0 saturated heterocycles. The molecular formula is C19H15Cl4N3O2.